The van der Waals surface area contributed by atoms with E-state index in [4.69, 9.17) is 0 Å². The number of amides is 2. The van der Waals surface area contributed by atoms with Crippen LogP contribution in [-0.2, 0) is 4.79 Å². The van der Waals surface area contributed by atoms with E-state index in [1.165, 1.54) is 11.8 Å². The maximum atomic E-state index is 12.6. The largest absolute Gasteiger partial charge is 0.325 e. The summed E-state index contributed by atoms with van der Waals surface area (Å²) < 4.78 is 0. The lowest BCUT2D eigenvalue weighted by atomic mass is 10.1. The zero-order valence-corrected chi connectivity index (χ0v) is 16.9. The number of pyridine rings is 1. The Morgan fingerprint density at radius 3 is 2.23 bits per heavy atom. The topological polar surface area (TPSA) is 71.1 Å². The van der Waals surface area contributed by atoms with E-state index in [0.29, 0.717) is 17.0 Å². The summed E-state index contributed by atoms with van der Waals surface area (Å²) in [4.78, 5) is 29.5. The number of aromatic nitrogens is 1. The average Bonchev–Trinajstić information content (AvgIpc) is 2.79. The monoisotopic (exact) mass is 413 g/mol. The molecule has 2 amide bonds. The van der Waals surface area contributed by atoms with Gasteiger partial charge >= 0.3 is 0 Å². The van der Waals surface area contributed by atoms with Gasteiger partial charge in [-0.05, 0) is 59.3 Å². The van der Waals surface area contributed by atoms with E-state index in [0.717, 1.165) is 21.4 Å². The van der Waals surface area contributed by atoms with Gasteiger partial charge in [-0.15, -0.1) is 11.8 Å². The molecule has 0 atom stereocenters. The summed E-state index contributed by atoms with van der Waals surface area (Å²) in [5.41, 5.74) is 2.04. The number of carbonyl (C=O) groups excluding carboxylic acids is 2. The molecule has 4 rings (SSSR count). The maximum Gasteiger partial charge on any atom is 0.255 e. The molecule has 0 aliphatic heterocycles. The van der Waals surface area contributed by atoms with Gasteiger partial charge in [0.05, 0.1) is 5.75 Å². The number of hydrogen-bond donors (Lipinski definition) is 2. The third-order valence-electron chi connectivity index (χ3n) is 4.46. The molecule has 30 heavy (non-hydrogen) atoms. The molecule has 0 aliphatic rings. The number of anilines is 2. The van der Waals surface area contributed by atoms with Gasteiger partial charge in [0.15, 0.2) is 0 Å². The summed E-state index contributed by atoms with van der Waals surface area (Å²) >= 11 is 1.43. The van der Waals surface area contributed by atoms with Gasteiger partial charge < -0.3 is 10.6 Å². The molecule has 0 saturated carbocycles. The number of nitrogens with one attached hydrogen (secondary N) is 2. The van der Waals surface area contributed by atoms with Gasteiger partial charge in [0.1, 0.15) is 0 Å². The SMILES string of the molecule is O=C(CSc1ccc(NC(=O)c2ccc3ccccc3c2)cc1)Nc1ccncc1. The molecule has 3 aromatic carbocycles. The van der Waals surface area contributed by atoms with Crippen molar-refractivity contribution in [1.82, 2.24) is 4.98 Å². The second-order valence-corrected chi connectivity index (χ2v) is 7.66. The first-order valence-corrected chi connectivity index (χ1v) is 10.4. The van der Waals surface area contributed by atoms with Crippen molar-refractivity contribution in [2.24, 2.45) is 0 Å². The highest BCUT2D eigenvalue weighted by Gasteiger charge is 2.08. The van der Waals surface area contributed by atoms with Crippen molar-refractivity contribution in [3.8, 4) is 0 Å². The summed E-state index contributed by atoms with van der Waals surface area (Å²) in [6, 6.07) is 24.5. The Kier molecular flexibility index (Phi) is 6.06. The Morgan fingerprint density at radius 2 is 1.47 bits per heavy atom. The molecule has 5 nitrogen and oxygen atoms in total. The summed E-state index contributed by atoms with van der Waals surface area (Å²) in [6.07, 6.45) is 3.27. The first-order chi connectivity index (χ1) is 14.7. The first-order valence-electron chi connectivity index (χ1n) is 9.40. The van der Waals surface area contributed by atoms with Crippen LogP contribution in [0.25, 0.3) is 10.8 Å². The minimum absolute atomic E-state index is 0.0834. The van der Waals surface area contributed by atoms with Crippen LogP contribution in [-0.4, -0.2) is 22.6 Å². The van der Waals surface area contributed by atoms with Crippen LogP contribution in [0.4, 0.5) is 11.4 Å². The lowest BCUT2D eigenvalue weighted by Gasteiger charge is -2.08. The van der Waals surface area contributed by atoms with Crippen LogP contribution in [0, 0.1) is 0 Å². The second-order valence-electron chi connectivity index (χ2n) is 6.61. The minimum Gasteiger partial charge on any atom is -0.325 e. The smallest absolute Gasteiger partial charge is 0.255 e. The van der Waals surface area contributed by atoms with E-state index in [9.17, 15) is 9.59 Å². The van der Waals surface area contributed by atoms with E-state index < -0.39 is 0 Å². The van der Waals surface area contributed by atoms with Crippen LogP contribution < -0.4 is 10.6 Å². The van der Waals surface area contributed by atoms with E-state index in [2.05, 4.69) is 15.6 Å². The van der Waals surface area contributed by atoms with Crippen LogP contribution in [0.1, 0.15) is 10.4 Å². The summed E-state index contributed by atoms with van der Waals surface area (Å²) in [5.74, 6) is 0.0586. The highest BCUT2D eigenvalue weighted by Crippen LogP contribution is 2.22. The van der Waals surface area contributed by atoms with Gasteiger partial charge in [0.2, 0.25) is 5.91 Å². The van der Waals surface area contributed by atoms with Crippen molar-refractivity contribution in [3.05, 3.63) is 96.8 Å². The number of carbonyl (C=O) groups is 2. The molecule has 0 aliphatic carbocycles. The van der Waals surface area contributed by atoms with Gasteiger partial charge in [-0.1, -0.05) is 30.3 Å². The van der Waals surface area contributed by atoms with E-state index in [1.54, 1.807) is 24.5 Å². The Hall–Kier alpha value is -3.64. The molecule has 148 valence electrons. The minimum atomic E-state index is -0.155. The van der Waals surface area contributed by atoms with Crippen LogP contribution in [0.2, 0.25) is 0 Å². The molecule has 1 heterocycles. The highest BCUT2D eigenvalue weighted by molar-refractivity contribution is 8.00. The van der Waals surface area contributed by atoms with E-state index >= 15 is 0 Å². The third kappa shape index (κ3) is 5.04. The molecule has 1 aromatic heterocycles. The van der Waals surface area contributed by atoms with Crippen LogP contribution in [0.15, 0.2) is 96.2 Å². The molecule has 6 heteroatoms. The summed E-state index contributed by atoms with van der Waals surface area (Å²) in [6.45, 7) is 0. The van der Waals surface area contributed by atoms with Crippen molar-refractivity contribution >= 4 is 45.7 Å². The molecule has 0 spiro atoms. The maximum absolute atomic E-state index is 12.6. The number of nitrogens with zero attached hydrogens (tertiary/aromatic N) is 1. The molecular formula is C24H19N3O2S. The van der Waals surface area contributed by atoms with E-state index in [-0.39, 0.29) is 11.8 Å². The van der Waals surface area contributed by atoms with Gasteiger partial charge in [-0.2, -0.15) is 0 Å². The Labute approximate surface area is 178 Å². The van der Waals surface area contributed by atoms with Crippen LogP contribution >= 0.6 is 11.8 Å². The predicted octanol–water partition coefficient (Wildman–Crippen LogP) is 5.22. The molecule has 0 fully saturated rings. The predicted molar refractivity (Wildman–Crippen MR) is 122 cm³/mol. The zero-order valence-electron chi connectivity index (χ0n) is 16.0. The van der Waals surface area contributed by atoms with Gasteiger partial charge in [-0.3, -0.25) is 14.6 Å². The van der Waals surface area contributed by atoms with E-state index in [1.807, 2.05) is 66.7 Å². The Morgan fingerprint density at radius 1 is 0.767 bits per heavy atom. The molecule has 0 bridgehead atoms. The second kappa shape index (κ2) is 9.24. The van der Waals surface area contributed by atoms with Gasteiger partial charge in [0, 0.05) is 34.2 Å². The fourth-order valence-corrected chi connectivity index (χ4v) is 3.65. The number of benzene rings is 3. The van der Waals surface area contributed by atoms with Crippen molar-refractivity contribution in [1.29, 1.82) is 0 Å². The Balaban J connectivity index is 1.32. The normalized spacial score (nSPS) is 10.5. The van der Waals surface area contributed by atoms with Crippen LogP contribution in [0.3, 0.4) is 0 Å². The van der Waals surface area contributed by atoms with Crippen molar-refractivity contribution < 1.29 is 9.59 Å². The summed E-state index contributed by atoms with van der Waals surface area (Å²) in [7, 11) is 0. The van der Waals surface area contributed by atoms with Crippen LogP contribution in [0.5, 0.6) is 0 Å². The molecule has 0 radical (unpaired) electrons. The highest BCUT2D eigenvalue weighted by atomic mass is 32.2. The standard InChI is InChI=1S/C24H19N3O2S/c28-23(26-21-11-13-25-14-12-21)16-30-22-9-7-20(8-10-22)27-24(29)19-6-5-17-3-1-2-4-18(17)15-19/h1-15H,16H2,(H,27,29)(H,25,26,28). The van der Waals surface area contributed by atoms with Crippen molar-refractivity contribution in [2.75, 3.05) is 16.4 Å². The molecule has 0 unspecified atom stereocenters. The fraction of sp³-hybridized carbons (Fsp3) is 0.0417. The average molecular weight is 414 g/mol. The van der Waals surface area contributed by atoms with Gasteiger partial charge in [-0.25, -0.2) is 0 Å². The molecule has 4 aromatic rings. The molecular weight excluding hydrogens is 394 g/mol. The summed E-state index contributed by atoms with van der Waals surface area (Å²) in [5, 5.41) is 7.87. The number of hydrogen-bond acceptors (Lipinski definition) is 4. The fourth-order valence-electron chi connectivity index (χ4n) is 2.95. The van der Waals surface area contributed by atoms with Gasteiger partial charge in [0.25, 0.3) is 5.91 Å². The van der Waals surface area contributed by atoms with Crippen molar-refractivity contribution in [3.63, 3.8) is 0 Å². The molecule has 0 saturated heterocycles. The number of fused-ring (bicyclic) bond motifs is 1. The first kappa shape index (κ1) is 19.7. The lowest BCUT2D eigenvalue weighted by Crippen LogP contribution is -2.14. The quantitative estimate of drug-likeness (QED) is 0.425. The molecule has 2 N–H and O–H groups in total. The Bertz CT molecular complexity index is 1180. The number of rotatable bonds is 6. The number of thioether (sulfide) groups is 1. The zero-order chi connectivity index (χ0) is 20.8. The third-order valence-corrected chi connectivity index (χ3v) is 5.47. The lowest BCUT2D eigenvalue weighted by molar-refractivity contribution is -0.113. The van der Waals surface area contributed by atoms with Crippen molar-refractivity contribution in [2.45, 2.75) is 4.90 Å².